The van der Waals surface area contributed by atoms with Crippen molar-refractivity contribution in [3.63, 3.8) is 0 Å². The Morgan fingerprint density at radius 1 is 1.06 bits per heavy atom. The summed E-state index contributed by atoms with van der Waals surface area (Å²) in [4.78, 5) is 38.7. The number of carbonyl (C=O) groups excluding carboxylic acids is 1. The minimum absolute atomic E-state index is 0.0132. The molecular weight excluding hydrogens is 436 g/mol. The fraction of sp³-hybridized carbons (Fsp3) is 0.280. The summed E-state index contributed by atoms with van der Waals surface area (Å²) in [5.41, 5.74) is 1.87. The molecule has 1 fully saturated rings. The largest absolute Gasteiger partial charge is 0.495 e. The summed E-state index contributed by atoms with van der Waals surface area (Å²) in [6.45, 7) is 1.58. The molecule has 1 aromatic heterocycles. The third-order valence-electron chi connectivity index (χ3n) is 6.58. The number of amides is 1. The van der Waals surface area contributed by atoms with Crippen LogP contribution in [0, 0.1) is 16.0 Å². The average Bonchev–Trinajstić information content (AvgIpc) is 2.84. The Morgan fingerprint density at radius 2 is 1.88 bits per heavy atom. The molecule has 3 heterocycles. The number of aromatic nitrogens is 1. The standard InChI is InChI=1S/C25H24N4O5/c1-34-23-7-3-2-5-20(23)26-19-10-9-17(12-22(19)29(32)33)25(31)27-13-16-11-18(15-27)21-6-4-8-24(30)28(21)14-16/h2-10,12,16,18,26H,11,13-15H2,1H3/t16-,18+/m1/s1. The zero-order chi connectivity index (χ0) is 23.8. The van der Waals surface area contributed by atoms with Crippen LogP contribution >= 0.6 is 0 Å². The van der Waals surface area contributed by atoms with Crippen molar-refractivity contribution >= 4 is 23.0 Å². The summed E-state index contributed by atoms with van der Waals surface area (Å²) in [5.74, 6) is 0.563. The molecule has 174 valence electrons. The van der Waals surface area contributed by atoms with Gasteiger partial charge in [0, 0.05) is 48.9 Å². The van der Waals surface area contributed by atoms with Gasteiger partial charge in [-0.3, -0.25) is 19.7 Å². The second kappa shape index (κ2) is 8.66. The first kappa shape index (κ1) is 21.7. The maximum atomic E-state index is 13.3. The minimum atomic E-state index is -0.498. The number of anilines is 2. The number of nitrogens with zero attached hydrogens (tertiary/aromatic N) is 3. The molecule has 2 bridgehead atoms. The number of methoxy groups -OCH3 is 1. The lowest BCUT2D eigenvalue weighted by molar-refractivity contribution is -0.383. The molecule has 1 N–H and O–H groups in total. The van der Waals surface area contributed by atoms with E-state index in [1.165, 1.54) is 13.2 Å². The molecule has 2 atom stereocenters. The van der Waals surface area contributed by atoms with E-state index in [4.69, 9.17) is 4.74 Å². The van der Waals surface area contributed by atoms with Crippen LogP contribution in [0.3, 0.4) is 0 Å². The quantitative estimate of drug-likeness (QED) is 0.459. The molecule has 0 saturated carbocycles. The summed E-state index contributed by atoms with van der Waals surface area (Å²) in [5, 5.41) is 14.9. The molecule has 9 heteroatoms. The van der Waals surface area contributed by atoms with Crippen molar-refractivity contribution < 1.29 is 14.5 Å². The Morgan fingerprint density at radius 3 is 2.68 bits per heavy atom. The molecule has 0 unspecified atom stereocenters. The van der Waals surface area contributed by atoms with E-state index in [1.807, 2.05) is 16.7 Å². The first-order valence-electron chi connectivity index (χ1n) is 11.1. The normalized spacial score (nSPS) is 18.7. The van der Waals surface area contributed by atoms with E-state index in [0.717, 1.165) is 12.1 Å². The summed E-state index contributed by atoms with van der Waals surface area (Å²) in [6, 6.07) is 16.9. The number of pyridine rings is 1. The van der Waals surface area contributed by atoms with Crippen molar-refractivity contribution in [1.29, 1.82) is 0 Å². The molecule has 0 radical (unpaired) electrons. The number of fused-ring (bicyclic) bond motifs is 4. The minimum Gasteiger partial charge on any atom is -0.495 e. The lowest BCUT2D eigenvalue weighted by atomic mass is 9.83. The van der Waals surface area contributed by atoms with Gasteiger partial charge in [-0.05, 0) is 42.7 Å². The number of nitrogens with one attached hydrogen (secondary N) is 1. The van der Waals surface area contributed by atoms with Crippen LogP contribution in [-0.4, -0.2) is 40.5 Å². The number of likely N-dealkylation sites (tertiary alicyclic amines) is 1. The smallest absolute Gasteiger partial charge is 0.293 e. The molecule has 1 saturated heterocycles. The Kier molecular flexibility index (Phi) is 5.53. The van der Waals surface area contributed by atoms with Gasteiger partial charge in [0.1, 0.15) is 11.4 Å². The van der Waals surface area contributed by atoms with Crippen LogP contribution in [0.15, 0.2) is 65.5 Å². The molecule has 3 aromatic rings. The second-order valence-electron chi connectivity index (χ2n) is 8.72. The number of carbonyl (C=O) groups is 1. The first-order valence-corrected chi connectivity index (χ1v) is 11.1. The Bertz CT molecular complexity index is 1330. The maximum Gasteiger partial charge on any atom is 0.293 e. The van der Waals surface area contributed by atoms with E-state index >= 15 is 0 Å². The van der Waals surface area contributed by atoms with Crippen LogP contribution in [0.5, 0.6) is 5.75 Å². The Hall–Kier alpha value is -4.14. The number of ether oxygens (including phenoxy) is 1. The molecule has 2 aliphatic heterocycles. The predicted molar refractivity (Wildman–Crippen MR) is 127 cm³/mol. The number of rotatable bonds is 5. The van der Waals surface area contributed by atoms with E-state index in [-0.39, 0.29) is 40.2 Å². The molecule has 2 aliphatic rings. The van der Waals surface area contributed by atoms with Gasteiger partial charge in [-0.25, -0.2) is 0 Å². The Balaban J connectivity index is 1.41. The number of nitro benzene ring substituents is 1. The summed E-state index contributed by atoms with van der Waals surface area (Å²) >= 11 is 0. The first-order chi connectivity index (χ1) is 16.4. The van der Waals surface area contributed by atoms with Gasteiger partial charge < -0.3 is 19.5 Å². The lowest BCUT2D eigenvalue weighted by Crippen LogP contribution is -2.49. The molecule has 0 spiro atoms. The van der Waals surface area contributed by atoms with Crippen molar-refractivity contribution in [3.8, 4) is 5.75 Å². The van der Waals surface area contributed by atoms with Crippen LogP contribution in [0.25, 0.3) is 0 Å². The fourth-order valence-corrected chi connectivity index (χ4v) is 5.06. The molecule has 2 aromatic carbocycles. The van der Waals surface area contributed by atoms with E-state index < -0.39 is 4.92 Å². The number of piperidine rings is 1. The van der Waals surface area contributed by atoms with E-state index in [1.54, 1.807) is 47.4 Å². The van der Waals surface area contributed by atoms with Crippen LogP contribution in [0.2, 0.25) is 0 Å². The van der Waals surface area contributed by atoms with Gasteiger partial charge in [0.05, 0.1) is 17.7 Å². The predicted octanol–water partition coefficient (Wildman–Crippen LogP) is 3.77. The van der Waals surface area contributed by atoms with Crippen LogP contribution in [0.1, 0.15) is 28.4 Å². The Labute approximate surface area is 195 Å². The van der Waals surface area contributed by atoms with Crippen LogP contribution in [-0.2, 0) is 6.54 Å². The maximum absolute atomic E-state index is 13.3. The summed E-state index contributed by atoms with van der Waals surface area (Å²) in [7, 11) is 1.53. The molecule has 5 rings (SSSR count). The number of para-hydroxylation sites is 2. The lowest BCUT2D eigenvalue weighted by Gasteiger charge is -2.42. The van der Waals surface area contributed by atoms with E-state index in [9.17, 15) is 19.7 Å². The molecule has 34 heavy (non-hydrogen) atoms. The van der Waals surface area contributed by atoms with Gasteiger partial charge >= 0.3 is 0 Å². The van der Waals surface area contributed by atoms with Crippen molar-refractivity contribution in [3.05, 3.63) is 92.4 Å². The highest BCUT2D eigenvalue weighted by molar-refractivity contribution is 5.96. The fourth-order valence-electron chi connectivity index (χ4n) is 5.06. The molecule has 0 aliphatic carbocycles. The number of hydrogen-bond donors (Lipinski definition) is 1. The number of benzene rings is 2. The molecular formula is C25H24N4O5. The highest BCUT2D eigenvalue weighted by atomic mass is 16.6. The topological polar surface area (TPSA) is 107 Å². The zero-order valence-electron chi connectivity index (χ0n) is 18.6. The molecule has 9 nitrogen and oxygen atoms in total. The van der Waals surface area contributed by atoms with Crippen molar-refractivity contribution in [2.75, 3.05) is 25.5 Å². The van der Waals surface area contributed by atoms with Gasteiger partial charge in [0.15, 0.2) is 0 Å². The van der Waals surface area contributed by atoms with Crippen molar-refractivity contribution in [1.82, 2.24) is 9.47 Å². The van der Waals surface area contributed by atoms with Gasteiger partial charge in [0.2, 0.25) is 0 Å². The SMILES string of the molecule is COc1ccccc1Nc1ccc(C(=O)N2C[C@H]3C[C@@H](C2)c2cccc(=O)n2C3)cc1[N+](=O)[O-]. The highest BCUT2D eigenvalue weighted by Gasteiger charge is 2.36. The van der Waals surface area contributed by atoms with E-state index in [0.29, 0.717) is 31.1 Å². The summed E-state index contributed by atoms with van der Waals surface area (Å²) in [6.07, 6.45) is 0.926. The average molecular weight is 460 g/mol. The van der Waals surface area contributed by atoms with Gasteiger partial charge in [-0.15, -0.1) is 0 Å². The van der Waals surface area contributed by atoms with Crippen molar-refractivity contribution in [2.45, 2.75) is 18.9 Å². The highest BCUT2D eigenvalue weighted by Crippen LogP contribution is 2.37. The van der Waals surface area contributed by atoms with Crippen molar-refractivity contribution in [2.24, 2.45) is 5.92 Å². The van der Waals surface area contributed by atoms with Crippen LogP contribution in [0.4, 0.5) is 17.1 Å². The number of nitro groups is 1. The van der Waals surface area contributed by atoms with Crippen LogP contribution < -0.4 is 15.6 Å². The third-order valence-corrected chi connectivity index (χ3v) is 6.58. The van der Waals surface area contributed by atoms with Gasteiger partial charge in [0.25, 0.3) is 17.2 Å². The van der Waals surface area contributed by atoms with Gasteiger partial charge in [-0.1, -0.05) is 18.2 Å². The third kappa shape index (κ3) is 3.89. The summed E-state index contributed by atoms with van der Waals surface area (Å²) < 4.78 is 7.12. The monoisotopic (exact) mass is 460 g/mol. The van der Waals surface area contributed by atoms with Gasteiger partial charge in [-0.2, -0.15) is 0 Å². The second-order valence-corrected chi connectivity index (χ2v) is 8.72. The zero-order valence-corrected chi connectivity index (χ0v) is 18.6. The molecule has 1 amide bonds. The number of hydrogen-bond acceptors (Lipinski definition) is 6. The van der Waals surface area contributed by atoms with E-state index in [2.05, 4.69) is 5.32 Å².